The molecule has 5 heteroatoms. The second-order valence-corrected chi connectivity index (χ2v) is 6.43. The van der Waals surface area contributed by atoms with Gasteiger partial charge in [-0.05, 0) is 36.8 Å². The fourth-order valence-corrected chi connectivity index (χ4v) is 3.58. The van der Waals surface area contributed by atoms with Crippen molar-refractivity contribution in [2.45, 2.75) is 51.2 Å². The summed E-state index contributed by atoms with van der Waals surface area (Å²) in [4.78, 5) is 26.3. The number of hydrogen-bond acceptors (Lipinski definition) is 4. The molecule has 1 heterocycles. The zero-order chi connectivity index (χ0) is 16.4. The number of amides is 1. The van der Waals surface area contributed by atoms with Crippen LogP contribution in [0.5, 0.6) is 0 Å². The van der Waals surface area contributed by atoms with Gasteiger partial charge < -0.3 is 9.47 Å². The van der Waals surface area contributed by atoms with Gasteiger partial charge in [-0.25, -0.2) is 9.59 Å². The molecule has 3 rings (SSSR count). The Morgan fingerprint density at radius 2 is 1.91 bits per heavy atom. The fraction of sp³-hybridized carbons (Fsp3) is 0.556. The van der Waals surface area contributed by atoms with Gasteiger partial charge in [0.25, 0.3) is 0 Å². The molecule has 23 heavy (non-hydrogen) atoms. The summed E-state index contributed by atoms with van der Waals surface area (Å²) in [6, 6.07) is 6.92. The molecule has 0 bridgehead atoms. The van der Waals surface area contributed by atoms with E-state index in [0.717, 1.165) is 30.5 Å². The molecule has 0 radical (unpaired) electrons. The molecule has 124 valence electrons. The van der Waals surface area contributed by atoms with Crippen molar-refractivity contribution in [3.8, 4) is 0 Å². The lowest BCUT2D eigenvalue weighted by atomic mass is 9.88. The highest BCUT2D eigenvalue weighted by atomic mass is 16.6. The van der Waals surface area contributed by atoms with E-state index in [2.05, 4.69) is 6.92 Å². The standard InChI is InChI=1S/C18H23NO4/c1-12-7-3-6-10-16(12)23-18(21)19-14-9-5-4-8-13(14)11-15(19)17(20)22-2/h4-5,8-9,12,15-16H,3,6-7,10-11H2,1-2H3/t12-,15-,16-/m1/s1. The minimum absolute atomic E-state index is 0.0673. The van der Waals surface area contributed by atoms with Crippen LogP contribution < -0.4 is 4.90 Å². The molecular weight excluding hydrogens is 294 g/mol. The van der Waals surface area contributed by atoms with E-state index in [1.165, 1.54) is 18.4 Å². The van der Waals surface area contributed by atoms with Crippen molar-refractivity contribution in [2.75, 3.05) is 12.0 Å². The molecule has 0 spiro atoms. The number of nitrogens with zero attached hydrogens (tertiary/aromatic N) is 1. The number of carbonyl (C=O) groups excluding carboxylic acids is 2. The first-order valence-corrected chi connectivity index (χ1v) is 8.27. The Morgan fingerprint density at radius 3 is 2.65 bits per heavy atom. The van der Waals surface area contributed by atoms with E-state index >= 15 is 0 Å². The molecule has 0 aromatic heterocycles. The molecule has 1 aliphatic carbocycles. The first-order valence-electron chi connectivity index (χ1n) is 8.27. The van der Waals surface area contributed by atoms with Crippen molar-refractivity contribution < 1.29 is 19.1 Å². The van der Waals surface area contributed by atoms with Crippen LogP contribution in [0.4, 0.5) is 10.5 Å². The van der Waals surface area contributed by atoms with Crippen LogP contribution in [0.2, 0.25) is 0 Å². The largest absolute Gasteiger partial charge is 0.467 e. The van der Waals surface area contributed by atoms with E-state index in [1.807, 2.05) is 24.3 Å². The number of methoxy groups -OCH3 is 1. The molecule has 2 aliphatic rings. The summed E-state index contributed by atoms with van der Waals surface area (Å²) in [7, 11) is 1.35. The third-order valence-electron chi connectivity index (χ3n) is 4.93. The normalized spacial score (nSPS) is 26.5. The molecule has 1 aromatic carbocycles. The van der Waals surface area contributed by atoms with E-state index in [-0.39, 0.29) is 6.10 Å². The Bertz CT molecular complexity index is 600. The van der Waals surface area contributed by atoms with E-state index < -0.39 is 18.1 Å². The number of carbonyl (C=O) groups is 2. The van der Waals surface area contributed by atoms with E-state index in [0.29, 0.717) is 12.3 Å². The summed E-state index contributed by atoms with van der Waals surface area (Å²) in [5, 5.41) is 0. The first-order chi connectivity index (χ1) is 11.1. The lowest BCUT2D eigenvalue weighted by Gasteiger charge is -2.31. The lowest BCUT2D eigenvalue weighted by Crippen LogP contribution is -2.45. The number of esters is 1. The van der Waals surface area contributed by atoms with Gasteiger partial charge in [0, 0.05) is 6.42 Å². The van der Waals surface area contributed by atoms with Gasteiger partial charge >= 0.3 is 12.1 Å². The smallest absolute Gasteiger partial charge is 0.415 e. The van der Waals surface area contributed by atoms with Gasteiger partial charge in [-0.2, -0.15) is 0 Å². The number of para-hydroxylation sites is 1. The fourth-order valence-electron chi connectivity index (χ4n) is 3.58. The van der Waals surface area contributed by atoms with E-state index in [9.17, 15) is 9.59 Å². The van der Waals surface area contributed by atoms with Gasteiger partial charge in [0.2, 0.25) is 0 Å². The Kier molecular flexibility index (Phi) is 4.55. The van der Waals surface area contributed by atoms with Gasteiger partial charge in [-0.3, -0.25) is 4.90 Å². The highest BCUT2D eigenvalue weighted by Gasteiger charge is 2.41. The molecule has 0 unspecified atom stereocenters. The highest BCUT2D eigenvalue weighted by molar-refractivity contribution is 5.99. The summed E-state index contributed by atoms with van der Waals surface area (Å²) < 4.78 is 10.6. The monoisotopic (exact) mass is 317 g/mol. The quantitative estimate of drug-likeness (QED) is 0.785. The van der Waals surface area contributed by atoms with Gasteiger partial charge in [0.15, 0.2) is 0 Å². The Balaban J connectivity index is 1.82. The van der Waals surface area contributed by atoms with Crippen LogP contribution in [0.3, 0.4) is 0 Å². The molecule has 1 aromatic rings. The predicted molar refractivity (Wildman–Crippen MR) is 86.3 cm³/mol. The van der Waals surface area contributed by atoms with Crippen molar-refractivity contribution in [2.24, 2.45) is 5.92 Å². The zero-order valence-electron chi connectivity index (χ0n) is 13.7. The van der Waals surface area contributed by atoms with Gasteiger partial charge in [0.1, 0.15) is 12.1 Å². The van der Waals surface area contributed by atoms with Gasteiger partial charge in [0.05, 0.1) is 12.8 Å². The van der Waals surface area contributed by atoms with Crippen LogP contribution in [0, 0.1) is 5.92 Å². The third-order valence-corrected chi connectivity index (χ3v) is 4.93. The number of anilines is 1. The SMILES string of the molecule is COC(=O)[C@H]1Cc2ccccc2N1C(=O)O[C@@H]1CCCC[C@H]1C. The summed E-state index contributed by atoms with van der Waals surface area (Å²) >= 11 is 0. The molecule has 0 N–H and O–H groups in total. The third kappa shape index (κ3) is 3.05. The summed E-state index contributed by atoms with van der Waals surface area (Å²) in [6.45, 7) is 2.12. The molecular formula is C18H23NO4. The summed E-state index contributed by atoms with van der Waals surface area (Å²) in [5.74, 6) is -0.0445. The minimum Gasteiger partial charge on any atom is -0.467 e. The summed E-state index contributed by atoms with van der Waals surface area (Å²) in [6.07, 6.45) is 4.20. The number of hydrogen-bond donors (Lipinski definition) is 0. The van der Waals surface area contributed by atoms with E-state index in [1.54, 1.807) is 0 Å². The maximum absolute atomic E-state index is 12.7. The molecule has 1 fully saturated rings. The van der Waals surface area contributed by atoms with Crippen LogP contribution in [-0.4, -0.2) is 31.3 Å². The number of benzene rings is 1. The van der Waals surface area contributed by atoms with Crippen LogP contribution in [0.15, 0.2) is 24.3 Å². The Labute approximate surface area is 136 Å². The predicted octanol–water partition coefficient (Wildman–Crippen LogP) is 3.31. The number of rotatable bonds is 2. The average molecular weight is 317 g/mol. The molecule has 0 saturated heterocycles. The highest BCUT2D eigenvalue weighted by Crippen LogP contribution is 2.34. The van der Waals surface area contributed by atoms with Crippen molar-refractivity contribution >= 4 is 17.7 Å². The number of ether oxygens (including phenoxy) is 2. The first kappa shape index (κ1) is 15.8. The second kappa shape index (κ2) is 6.60. The van der Waals surface area contributed by atoms with Crippen LogP contribution in [-0.2, 0) is 20.7 Å². The van der Waals surface area contributed by atoms with Crippen molar-refractivity contribution in [1.29, 1.82) is 0 Å². The van der Waals surface area contributed by atoms with Crippen LogP contribution >= 0.6 is 0 Å². The van der Waals surface area contributed by atoms with Crippen LogP contribution in [0.1, 0.15) is 38.2 Å². The van der Waals surface area contributed by atoms with Crippen molar-refractivity contribution in [1.82, 2.24) is 0 Å². The summed E-state index contributed by atoms with van der Waals surface area (Å²) in [5.41, 5.74) is 1.72. The lowest BCUT2D eigenvalue weighted by molar-refractivity contribution is -0.142. The molecule has 3 atom stereocenters. The Morgan fingerprint density at radius 1 is 1.17 bits per heavy atom. The topological polar surface area (TPSA) is 55.8 Å². The number of fused-ring (bicyclic) bond motifs is 1. The molecule has 1 aliphatic heterocycles. The van der Waals surface area contributed by atoms with E-state index in [4.69, 9.17) is 9.47 Å². The minimum atomic E-state index is -0.635. The van der Waals surface area contributed by atoms with Gasteiger partial charge in [-0.15, -0.1) is 0 Å². The molecule has 1 amide bonds. The van der Waals surface area contributed by atoms with Crippen LogP contribution in [0.25, 0.3) is 0 Å². The van der Waals surface area contributed by atoms with Crippen molar-refractivity contribution in [3.05, 3.63) is 29.8 Å². The molecule has 5 nitrogen and oxygen atoms in total. The van der Waals surface area contributed by atoms with Gasteiger partial charge in [-0.1, -0.05) is 31.5 Å². The van der Waals surface area contributed by atoms with Crippen molar-refractivity contribution in [3.63, 3.8) is 0 Å². The zero-order valence-corrected chi connectivity index (χ0v) is 13.7. The second-order valence-electron chi connectivity index (χ2n) is 6.43. The Hall–Kier alpha value is -2.04. The average Bonchev–Trinajstić information content (AvgIpc) is 2.95. The molecule has 1 saturated carbocycles. The maximum Gasteiger partial charge on any atom is 0.415 e. The maximum atomic E-state index is 12.7.